The molecule has 63 valence electrons. The fraction of sp³-hybridized carbons (Fsp3) is 0.300. The third kappa shape index (κ3) is 1.13. The summed E-state index contributed by atoms with van der Waals surface area (Å²) in [5.41, 5.74) is 2.16. The summed E-state index contributed by atoms with van der Waals surface area (Å²) < 4.78 is 5.49. The molecule has 0 unspecified atom stereocenters. The monoisotopic (exact) mass is 162 g/mol. The molecule has 2 heteroatoms. The van der Waals surface area contributed by atoms with Gasteiger partial charge in [0.15, 0.2) is 0 Å². The molecule has 12 heavy (non-hydrogen) atoms. The molecule has 1 aliphatic heterocycles. The predicted octanol–water partition coefficient (Wildman–Crippen LogP) is 1.70. The zero-order valence-electron chi connectivity index (χ0n) is 7.21. The molecule has 1 radical (unpaired) electrons. The van der Waals surface area contributed by atoms with Crippen LogP contribution < -0.4 is 9.64 Å². The quantitative estimate of drug-likeness (QED) is 0.575. The Hall–Kier alpha value is -1.18. The van der Waals surface area contributed by atoms with Gasteiger partial charge in [0.2, 0.25) is 0 Å². The molecule has 0 saturated carbocycles. The molecule has 1 aliphatic rings. The Labute approximate surface area is 72.8 Å². The highest BCUT2D eigenvalue weighted by molar-refractivity contribution is 5.60. The molecule has 0 aliphatic carbocycles. The summed E-state index contributed by atoms with van der Waals surface area (Å²) in [6.45, 7) is 5.59. The summed E-state index contributed by atoms with van der Waals surface area (Å²) in [6.07, 6.45) is 0. The highest BCUT2D eigenvalue weighted by Gasteiger charge is 2.13. The minimum atomic E-state index is 0.771. The van der Waals surface area contributed by atoms with Crippen LogP contribution in [0.2, 0.25) is 0 Å². The summed E-state index contributed by atoms with van der Waals surface area (Å²) in [5, 5.41) is 0. The van der Waals surface area contributed by atoms with Gasteiger partial charge >= 0.3 is 0 Å². The highest BCUT2D eigenvalue weighted by atomic mass is 16.5. The van der Waals surface area contributed by atoms with Crippen LogP contribution in [0.25, 0.3) is 0 Å². The SMILES string of the molecule is [CH2]c1ccc2c(c1)OCCN2C. The number of ether oxygens (including phenoxy) is 1. The average molecular weight is 162 g/mol. The van der Waals surface area contributed by atoms with Gasteiger partial charge in [0.25, 0.3) is 0 Å². The fourth-order valence-electron chi connectivity index (χ4n) is 1.40. The molecule has 2 nitrogen and oxygen atoms in total. The summed E-state index contributed by atoms with van der Waals surface area (Å²) in [4.78, 5) is 2.19. The molecule has 0 bridgehead atoms. The van der Waals surface area contributed by atoms with Gasteiger partial charge in [-0.1, -0.05) is 6.07 Å². The largest absolute Gasteiger partial charge is 0.490 e. The maximum atomic E-state index is 5.49. The minimum absolute atomic E-state index is 0.771. The number of benzene rings is 1. The topological polar surface area (TPSA) is 12.5 Å². The molecule has 1 aromatic rings. The Morgan fingerprint density at radius 2 is 2.33 bits per heavy atom. The molecule has 0 spiro atoms. The predicted molar refractivity (Wildman–Crippen MR) is 49.7 cm³/mol. The van der Waals surface area contributed by atoms with E-state index in [-0.39, 0.29) is 0 Å². The molecule has 0 aromatic heterocycles. The van der Waals surface area contributed by atoms with E-state index in [9.17, 15) is 0 Å². The maximum absolute atomic E-state index is 5.49. The van der Waals surface area contributed by atoms with Crippen molar-refractivity contribution in [2.75, 3.05) is 25.1 Å². The smallest absolute Gasteiger partial charge is 0.142 e. The second-order valence-electron chi connectivity index (χ2n) is 3.07. The van der Waals surface area contributed by atoms with Crippen molar-refractivity contribution in [3.63, 3.8) is 0 Å². The van der Waals surface area contributed by atoms with Crippen molar-refractivity contribution in [1.29, 1.82) is 0 Å². The van der Waals surface area contributed by atoms with Crippen LogP contribution >= 0.6 is 0 Å². The third-order valence-corrected chi connectivity index (χ3v) is 2.12. The first kappa shape index (κ1) is 7.47. The molecule has 0 atom stereocenters. The molecule has 0 amide bonds. The number of anilines is 1. The molecule has 0 saturated heterocycles. The van der Waals surface area contributed by atoms with E-state index < -0.39 is 0 Å². The van der Waals surface area contributed by atoms with Crippen LogP contribution in [0.4, 0.5) is 5.69 Å². The first-order valence-electron chi connectivity index (χ1n) is 4.07. The van der Waals surface area contributed by atoms with Crippen LogP contribution in [0.3, 0.4) is 0 Å². The molecular formula is C10H12NO. The molecular weight excluding hydrogens is 150 g/mol. The zero-order chi connectivity index (χ0) is 8.55. The van der Waals surface area contributed by atoms with Gasteiger partial charge < -0.3 is 9.64 Å². The number of likely N-dealkylation sites (N-methyl/N-ethyl adjacent to an activating group) is 1. The zero-order valence-corrected chi connectivity index (χ0v) is 7.21. The Morgan fingerprint density at radius 1 is 1.50 bits per heavy atom. The van der Waals surface area contributed by atoms with Crippen LogP contribution in [0.15, 0.2) is 18.2 Å². The van der Waals surface area contributed by atoms with Crippen LogP contribution in [0, 0.1) is 6.92 Å². The number of fused-ring (bicyclic) bond motifs is 1. The average Bonchev–Trinajstić information content (AvgIpc) is 2.04. The van der Waals surface area contributed by atoms with Crippen molar-refractivity contribution < 1.29 is 4.74 Å². The van der Waals surface area contributed by atoms with E-state index in [4.69, 9.17) is 4.74 Å². The second kappa shape index (κ2) is 2.70. The van der Waals surface area contributed by atoms with Gasteiger partial charge in [0.1, 0.15) is 12.4 Å². The molecule has 0 fully saturated rings. The first-order valence-corrected chi connectivity index (χ1v) is 4.07. The van der Waals surface area contributed by atoms with Gasteiger partial charge in [0.05, 0.1) is 12.2 Å². The van der Waals surface area contributed by atoms with E-state index in [1.54, 1.807) is 0 Å². The van der Waals surface area contributed by atoms with Crippen molar-refractivity contribution >= 4 is 5.69 Å². The number of hydrogen-bond acceptors (Lipinski definition) is 2. The van der Waals surface area contributed by atoms with E-state index in [1.165, 1.54) is 0 Å². The van der Waals surface area contributed by atoms with Gasteiger partial charge in [-0.3, -0.25) is 0 Å². The van der Waals surface area contributed by atoms with Crippen molar-refractivity contribution in [3.8, 4) is 5.75 Å². The van der Waals surface area contributed by atoms with E-state index in [1.807, 2.05) is 12.1 Å². The van der Waals surface area contributed by atoms with E-state index in [2.05, 4.69) is 24.9 Å². The molecule has 2 rings (SSSR count). The number of rotatable bonds is 0. The summed E-state index contributed by atoms with van der Waals surface area (Å²) in [7, 11) is 2.07. The summed E-state index contributed by atoms with van der Waals surface area (Å²) in [5.74, 6) is 0.955. The first-order chi connectivity index (χ1) is 5.77. The lowest BCUT2D eigenvalue weighted by molar-refractivity contribution is 0.311. The normalized spacial score (nSPS) is 15.3. The van der Waals surface area contributed by atoms with Crippen LogP contribution in [0.1, 0.15) is 5.56 Å². The van der Waals surface area contributed by atoms with Crippen LogP contribution in [-0.2, 0) is 0 Å². The van der Waals surface area contributed by atoms with Gasteiger partial charge in [-0.25, -0.2) is 0 Å². The molecule has 1 heterocycles. The number of hydrogen-bond donors (Lipinski definition) is 0. The Bertz CT molecular complexity index is 296. The van der Waals surface area contributed by atoms with E-state index in [0.29, 0.717) is 0 Å². The lowest BCUT2D eigenvalue weighted by Gasteiger charge is -2.27. The lowest BCUT2D eigenvalue weighted by atomic mass is 10.2. The van der Waals surface area contributed by atoms with Crippen LogP contribution in [0.5, 0.6) is 5.75 Å². The van der Waals surface area contributed by atoms with Crippen molar-refractivity contribution in [2.24, 2.45) is 0 Å². The van der Waals surface area contributed by atoms with Gasteiger partial charge in [-0.15, -0.1) is 0 Å². The van der Waals surface area contributed by atoms with Gasteiger partial charge in [-0.05, 0) is 24.6 Å². The number of nitrogens with zero attached hydrogens (tertiary/aromatic N) is 1. The Morgan fingerprint density at radius 3 is 3.17 bits per heavy atom. The molecule has 0 N–H and O–H groups in total. The highest BCUT2D eigenvalue weighted by Crippen LogP contribution is 2.30. The second-order valence-corrected chi connectivity index (χ2v) is 3.07. The maximum Gasteiger partial charge on any atom is 0.142 e. The summed E-state index contributed by atoms with van der Waals surface area (Å²) in [6, 6.07) is 6.03. The van der Waals surface area contributed by atoms with Crippen molar-refractivity contribution in [2.45, 2.75) is 0 Å². The van der Waals surface area contributed by atoms with Crippen LogP contribution in [-0.4, -0.2) is 20.2 Å². The van der Waals surface area contributed by atoms with Gasteiger partial charge in [-0.2, -0.15) is 0 Å². The van der Waals surface area contributed by atoms with E-state index in [0.717, 1.165) is 30.2 Å². The Balaban J connectivity index is 2.46. The van der Waals surface area contributed by atoms with Gasteiger partial charge in [0, 0.05) is 7.05 Å². The third-order valence-electron chi connectivity index (χ3n) is 2.12. The standard InChI is InChI=1S/C10H12NO/c1-8-3-4-9-10(7-8)12-6-5-11(9)2/h3-4,7H,1,5-6H2,2H3. The summed E-state index contributed by atoms with van der Waals surface area (Å²) >= 11 is 0. The van der Waals surface area contributed by atoms with Crippen molar-refractivity contribution in [1.82, 2.24) is 0 Å². The minimum Gasteiger partial charge on any atom is -0.490 e. The lowest BCUT2D eigenvalue weighted by Crippen LogP contribution is -2.28. The van der Waals surface area contributed by atoms with Crippen molar-refractivity contribution in [3.05, 3.63) is 30.7 Å². The Kier molecular flexibility index (Phi) is 1.68. The van der Waals surface area contributed by atoms with E-state index >= 15 is 0 Å². The molecule has 1 aromatic carbocycles. The fourth-order valence-corrected chi connectivity index (χ4v) is 1.40.